The molecule has 9 nitrogen and oxygen atoms in total. The van der Waals surface area contributed by atoms with Gasteiger partial charge >= 0.3 is 0 Å². The van der Waals surface area contributed by atoms with Crippen molar-refractivity contribution in [2.75, 3.05) is 17.7 Å². The average molecular weight is 446 g/mol. The van der Waals surface area contributed by atoms with Crippen LogP contribution in [0, 0.1) is 6.92 Å². The molecular weight excluding hydrogens is 418 g/mol. The molecule has 4 heterocycles. The molecule has 2 aliphatic rings. The predicted octanol–water partition coefficient (Wildman–Crippen LogP) is 3.50. The number of carbonyl (C=O) groups excluding carboxylic acids is 1. The maximum atomic E-state index is 13.2. The minimum absolute atomic E-state index is 0.0147. The van der Waals surface area contributed by atoms with E-state index in [1.54, 1.807) is 10.7 Å². The van der Waals surface area contributed by atoms with Crippen LogP contribution in [0.2, 0.25) is 0 Å². The number of aryl methyl sites for hydroxylation is 2. The summed E-state index contributed by atoms with van der Waals surface area (Å²) in [6.07, 6.45) is 6.57. The van der Waals surface area contributed by atoms with Crippen LogP contribution in [0.3, 0.4) is 0 Å². The van der Waals surface area contributed by atoms with Crippen molar-refractivity contribution in [3.05, 3.63) is 47.3 Å². The van der Waals surface area contributed by atoms with Gasteiger partial charge in [0.15, 0.2) is 5.65 Å². The third-order valence-electron chi connectivity index (χ3n) is 6.80. The molecule has 33 heavy (non-hydrogen) atoms. The van der Waals surface area contributed by atoms with E-state index >= 15 is 0 Å². The number of rotatable bonds is 1. The molecule has 4 bridgehead atoms. The highest BCUT2D eigenvalue weighted by Gasteiger charge is 2.31. The molecule has 0 saturated heterocycles. The lowest BCUT2D eigenvalue weighted by Crippen LogP contribution is -2.41. The fourth-order valence-electron chi connectivity index (χ4n) is 5.22. The summed E-state index contributed by atoms with van der Waals surface area (Å²) in [6.45, 7) is 2.61. The number of nitrogens with one attached hydrogen (secondary N) is 3. The number of nitrogens with zero attached hydrogens (tertiary/aromatic N) is 4. The molecule has 0 unspecified atom stereocenters. The lowest BCUT2D eigenvalue weighted by Gasteiger charge is -2.22. The van der Waals surface area contributed by atoms with Gasteiger partial charge in [-0.15, -0.1) is 0 Å². The zero-order valence-corrected chi connectivity index (χ0v) is 19.0. The fourth-order valence-corrected chi connectivity index (χ4v) is 5.22. The third kappa shape index (κ3) is 3.22. The molecule has 1 saturated carbocycles. The largest absolute Gasteiger partial charge is 0.373 e. The van der Waals surface area contributed by atoms with Crippen molar-refractivity contribution in [1.82, 2.24) is 24.5 Å². The maximum absolute atomic E-state index is 13.2. The van der Waals surface area contributed by atoms with Gasteiger partial charge in [-0.05, 0) is 49.4 Å². The van der Waals surface area contributed by atoms with E-state index in [2.05, 4.69) is 50.9 Å². The van der Waals surface area contributed by atoms with Crippen LogP contribution in [0.15, 0.2) is 30.6 Å². The van der Waals surface area contributed by atoms with E-state index in [-0.39, 0.29) is 18.1 Å². The summed E-state index contributed by atoms with van der Waals surface area (Å²) >= 11 is 0. The van der Waals surface area contributed by atoms with Gasteiger partial charge in [-0.2, -0.15) is 9.61 Å². The molecule has 2 atom stereocenters. The van der Waals surface area contributed by atoms with Crippen LogP contribution in [0.1, 0.15) is 40.7 Å². The Bertz CT molecular complexity index is 1400. The van der Waals surface area contributed by atoms with Gasteiger partial charge in [0.05, 0.1) is 36.2 Å². The zero-order chi connectivity index (χ0) is 22.7. The molecule has 4 aromatic rings. The first-order valence-electron chi connectivity index (χ1n) is 11.4. The van der Waals surface area contributed by atoms with Crippen LogP contribution in [0.5, 0.6) is 0 Å². The van der Waals surface area contributed by atoms with Crippen molar-refractivity contribution < 1.29 is 9.53 Å². The molecule has 1 aliphatic carbocycles. The van der Waals surface area contributed by atoms with Crippen LogP contribution >= 0.6 is 0 Å². The Morgan fingerprint density at radius 1 is 1.24 bits per heavy atom. The van der Waals surface area contributed by atoms with Gasteiger partial charge < -0.3 is 25.3 Å². The second-order valence-corrected chi connectivity index (χ2v) is 9.02. The van der Waals surface area contributed by atoms with Gasteiger partial charge in [-0.3, -0.25) is 4.79 Å². The third-order valence-corrected chi connectivity index (χ3v) is 6.80. The quantitative estimate of drug-likeness (QED) is 0.415. The highest BCUT2D eigenvalue weighted by Crippen LogP contribution is 2.33. The Morgan fingerprint density at radius 2 is 2.12 bits per heavy atom. The molecule has 6 rings (SSSR count). The summed E-state index contributed by atoms with van der Waals surface area (Å²) in [5, 5.41) is 15.4. The Labute approximate surface area is 191 Å². The number of ether oxygens (including phenoxy) is 1. The Hall–Kier alpha value is -3.59. The van der Waals surface area contributed by atoms with E-state index in [0.29, 0.717) is 23.6 Å². The highest BCUT2D eigenvalue weighted by atomic mass is 16.5. The second-order valence-electron chi connectivity index (χ2n) is 9.02. The zero-order valence-electron chi connectivity index (χ0n) is 19.0. The van der Waals surface area contributed by atoms with Crippen LogP contribution in [0.4, 0.5) is 17.3 Å². The number of aromatic nitrogens is 4. The van der Waals surface area contributed by atoms with Crippen molar-refractivity contribution in [3.8, 4) is 0 Å². The second kappa shape index (κ2) is 7.48. The number of hydrogen-bond donors (Lipinski definition) is 3. The lowest BCUT2D eigenvalue weighted by molar-refractivity contribution is 0.0273. The van der Waals surface area contributed by atoms with Crippen LogP contribution in [-0.2, 0) is 18.4 Å². The first-order valence-corrected chi connectivity index (χ1v) is 11.4. The van der Waals surface area contributed by atoms with Gasteiger partial charge in [-0.25, -0.2) is 4.98 Å². The Morgan fingerprint density at radius 3 is 2.97 bits per heavy atom. The molecule has 3 N–H and O–H groups in total. The van der Waals surface area contributed by atoms with Crippen molar-refractivity contribution in [2.24, 2.45) is 7.05 Å². The molecular formula is C24H27N7O2. The van der Waals surface area contributed by atoms with Crippen molar-refractivity contribution >= 4 is 39.8 Å². The maximum Gasteiger partial charge on any atom is 0.257 e. The summed E-state index contributed by atoms with van der Waals surface area (Å²) < 4.78 is 10.1. The van der Waals surface area contributed by atoms with E-state index < -0.39 is 0 Å². The Balaban J connectivity index is 1.58. The lowest BCUT2D eigenvalue weighted by atomic mass is 10.1. The van der Waals surface area contributed by atoms with E-state index in [9.17, 15) is 4.79 Å². The van der Waals surface area contributed by atoms with Crippen molar-refractivity contribution in [1.29, 1.82) is 0 Å². The van der Waals surface area contributed by atoms with Gasteiger partial charge in [-0.1, -0.05) is 0 Å². The molecule has 9 heteroatoms. The molecule has 170 valence electrons. The normalized spacial score (nSPS) is 20.5. The molecule has 0 radical (unpaired) electrons. The van der Waals surface area contributed by atoms with E-state index in [1.807, 2.05) is 20.2 Å². The first kappa shape index (κ1) is 20.0. The Kier molecular flexibility index (Phi) is 4.55. The minimum atomic E-state index is -0.173. The summed E-state index contributed by atoms with van der Waals surface area (Å²) in [7, 11) is 3.88. The van der Waals surface area contributed by atoms with Crippen LogP contribution < -0.4 is 16.0 Å². The number of anilines is 3. The fraction of sp³-hybridized carbons (Fsp3) is 0.375. The number of amides is 1. The minimum Gasteiger partial charge on any atom is -0.373 e. The van der Waals surface area contributed by atoms with Gasteiger partial charge in [0.25, 0.3) is 5.91 Å². The SMILES string of the molecule is CNc1cc2nc3c(cnn13)C(=O)N[C@@H]1CCC[C@@H]1OCc1cc(c3c(c1)c(C)cn3C)N2. The summed E-state index contributed by atoms with van der Waals surface area (Å²) in [5.41, 5.74) is 5.30. The van der Waals surface area contributed by atoms with Gasteiger partial charge in [0.1, 0.15) is 17.2 Å². The van der Waals surface area contributed by atoms with Crippen molar-refractivity contribution in [2.45, 2.75) is 44.9 Å². The van der Waals surface area contributed by atoms with Crippen molar-refractivity contribution in [3.63, 3.8) is 0 Å². The van der Waals surface area contributed by atoms with E-state index in [0.717, 1.165) is 41.8 Å². The monoisotopic (exact) mass is 445 g/mol. The number of fused-ring (bicyclic) bond motifs is 6. The number of carbonyl (C=O) groups is 1. The highest BCUT2D eigenvalue weighted by molar-refractivity contribution is 6.00. The average Bonchev–Trinajstić information content (AvgIpc) is 3.49. The standard InChI is InChI=1S/C24H27N7O2/c1-13-11-30(3)22-15(13)7-14-8-18(22)27-20-9-21(25-2)31-23(29-20)16(10-26-31)24(32)28-17-5-4-6-19(17)33-12-14/h7-11,17,19,25H,4-6,12H2,1-3H3,(H,27,29)(H,28,32)/t17-,19+/m1/s1. The smallest absolute Gasteiger partial charge is 0.257 e. The summed E-state index contributed by atoms with van der Waals surface area (Å²) in [4.78, 5) is 18.0. The van der Waals surface area contributed by atoms with Gasteiger partial charge in [0, 0.05) is 31.7 Å². The van der Waals surface area contributed by atoms with E-state index in [1.165, 1.54) is 10.9 Å². The van der Waals surface area contributed by atoms with Gasteiger partial charge in [0.2, 0.25) is 0 Å². The number of benzene rings is 1. The van der Waals surface area contributed by atoms with E-state index in [4.69, 9.17) is 9.72 Å². The topological polar surface area (TPSA) is 97.5 Å². The molecule has 3 aromatic heterocycles. The molecule has 0 spiro atoms. The summed E-state index contributed by atoms with van der Waals surface area (Å²) in [6, 6.07) is 6.21. The molecule has 1 aromatic carbocycles. The first-order chi connectivity index (χ1) is 16.0. The van der Waals surface area contributed by atoms with Crippen LogP contribution in [-0.4, -0.2) is 44.3 Å². The predicted molar refractivity (Wildman–Crippen MR) is 127 cm³/mol. The molecule has 1 fully saturated rings. The molecule has 1 aliphatic heterocycles. The number of hydrogen-bond acceptors (Lipinski definition) is 6. The molecule has 1 amide bonds. The van der Waals surface area contributed by atoms with Crippen LogP contribution in [0.25, 0.3) is 16.6 Å². The summed E-state index contributed by atoms with van der Waals surface area (Å²) in [5.74, 6) is 1.20.